The fourth-order valence-corrected chi connectivity index (χ4v) is 9.24. The largest absolute Gasteiger partial charge is 0.309 e. The van der Waals surface area contributed by atoms with Crippen molar-refractivity contribution in [3.05, 3.63) is 193 Å². The molecule has 10 aromatic rings. The van der Waals surface area contributed by atoms with Gasteiger partial charge in [0.2, 0.25) is 0 Å². The molecule has 53 heavy (non-hydrogen) atoms. The van der Waals surface area contributed by atoms with Gasteiger partial charge in [-0.1, -0.05) is 151 Å². The molecule has 8 aromatic carbocycles. The zero-order chi connectivity index (χ0) is 35.5. The van der Waals surface area contributed by atoms with Crippen molar-refractivity contribution in [2.45, 2.75) is 23.6 Å². The second-order valence-corrected chi connectivity index (χ2v) is 14.9. The number of aromatic nitrogens is 2. The molecule has 0 amide bonds. The van der Waals surface area contributed by atoms with Crippen LogP contribution in [0.25, 0.3) is 77.2 Å². The highest BCUT2D eigenvalue weighted by molar-refractivity contribution is 7.99. The normalized spacial score (nSPS) is 11.7. The molecule has 0 bridgehead atoms. The van der Waals surface area contributed by atoms with Crippen molar-refractivity contribution in [3.63, 3.8) is 0 Å². The van der Waals surface area contributed by atoms with Crippen LogP contribution < -0.4 is 0 Å². The quantitative estimate of drug-likeness (QED) is 0.168. The van der Waals surface area contributed by atoms with Gasteiger partial charge < -0.3 is 9.13 Å². The molecular formula is C50H36N2S. The Labute approximate surface area is 313 Å². The zero-order valence-electron chi connectivity index (χ0n) is 29.6. The molecule has 2 aromatic heterocycles. The Kier molecular flexibility index (Phi) is 7.56. The highest BCUT2D eigenvalue weighted by Gasteiger charge is 2.21. The third kappa shape index (κ3) is 5.19. The first-order valence-electron chi connectivity index (χ1n) is 18.2. The number of hydrogen-bond donors (Lipinski definition) is 0. The third-order valence-corrected chi connectivity index (χ3v) is 12.1. The van der Waals surface area contributed by atoms with Crippen LogP contribution in [0.2, 0.25) is 0 Å². The van der Waals surface area contributed by atoms with E-state index in [-0.39, 0.29) is 0 Å². The van der Waals surface area contributed by atoms with Crippen LogP contribution >= 0.6 is 11.8 Å². The minimum absolute atomic E-state index is 1.16. The van der Waals surface area contributed by atoms with E-state index in [4.69, 9.17) is 0 Å². The Morgan fingerprint density at radius 1 is 0.377 bits per heavy atom. The predicted octanol–water partition coefficient (Wildman–Crippen LogP) is 14.0. The van der Waals surface area contributed by atoms with Crippen LogP contribution in [0.15, 0.2) is 192 Å². The lowest BCUT2D eigenvalue weighted by Gasteiger charge is -2.16. The van der Waals surface area contributed by atoms with Gasteiger partial charge >= 0.3 is 0 Å². The van der Waals surface area contributed by atoms with E-state index < -0.39 is 0 Å². The number of nitrogens with zero attached hydrogens (tertiary/aromatic N) is 2. The number of hydrogen-bond acceptors (Lipinski definition) is 1. The molecule has 0 aliphatic rings. The van der Waals surface area contributed by atoms with E-state index in [2.05, 4.69) is 205 Å². The summed E-state index contributed by atoms with van der Waals surface area (Å²) in [7, 11) is 0. The van der Waals surface area contributed by atoms with Gasteiger partial charge in [0.15, 0.2) is 0 Å². The summed E-state index contributed by atoms with van der Waals surface area (Å²) in [6.07, 6.45) is 0. The van der Waals surface area contributed by atoms with E-state index in [0.29, 0.717) is 0 Å². The summed E-state index contributed by atoms with van der Waals surface area (Å²) in [5.74, 6) is 0. The fraction of sp³-hybridized carbons (Fsp3) is 0.0400. The summed E-state index contributed by atoms with van der Waals surface area (Å²) in [6, 6.07) is 66.2. The van der Waals surface area contributed by atoms with Gasteiger partial charge in [-0.15, -0.1) is 0 Å². The van der Waals surface area contributed by atoms with Crippen LogP contribution in [0, 0.1) is 13.8 Å². The maximum absolute atomic E-state index is 2.47. The smallest absolute Gasteiger partial charge is 0.0683 e. The van der Waals surface area contributed by atoms with Crippen molar-refractivity contribution in [1.29, 1.82) is 0 Å². The highest BCUT2D eigenvalue weighted by Crippen LogP contribution is 2.45. The van der Waals surface area contributed by atoms with Crippen LogP contribution in [0.3, 0.4) is 0 Å². The molecule has 2 heterocycles. The number of aryl methyl sites for hydroxylation is 2. The monoisotopic (exact) mass is 696 g/mol. The molecule has 2 nitrogen and oxygen atoms in total. The van der Waals surface area contributed by atoms with Crippen LogP contribution in [0.4, 0.5) is 0 Å². The van der Waals surface area contributed by atoms with Gasteiger partial charge in [-0.25, -0.2) is 0 Å². The topological polar surface area (TPSA) is 9.86 Å². The Bertz CT molecular complexity index is 2970. The molecule has 0 N–H and O–H groups in total. The van der Waals surface area contributed by atoms with Gasteiger partial charge in [-0.05, 0) is 89.7 Å². The van der Waals surface area contributed by atoms with Crippen molar-refractivity contribution in [2.75, 3.05) is 0 Å². The second-order valence-electron chi connectivity index (χ2n) is 13.8. The molecule has 0 radical (unpaired) electrons. The summed E-state index contributed by atoms with van der Waals surface area (Å²) in [4.78, 5) is 2.54. The second kappa shape index (κ2) is 12.7. The molecule has 0 fully saturated rings. The summed E-state index contributed by atoms with van der Waals surface area (Å²) >= 11 is 1.89. The molecule has 0 saturated heterocycles. The first-order valence-corrected chi connectivity index (χ1v) is 19.0. The lowest BCUT2D eigenvalue weighted by Crippen LogP contribution is -1.98. The molecule has 0 aliphatic carbocycles. The van der Waals surface area contributed by atoms with E-state index >= 15 is 0 Å². The van der Waals surface area contributed by atoms with Crippen LogP contribution in [-0.4, -0.2) is 9.13 Å². The van der Waals surface area contributed by atoms with E-state index in [1.165, 1.54) is 92.5 Å². The first kappa shape index (κ1) is 31.4. The maximum Gasteiger partial charge on any atom is 0.0683 e. The van der Waals surface area contributed by atoms with Crippen molar-refractivity contribution in [2.24, 2.45) is 0 Å². The van der Waals surface area contributed by atoms with E-state index in [0.717, 1.165) is 5.69 Å². The molecule has 10 rings (SSSR count). The SMILES string of the molecule is Cc1ccc2c3ccccc3n(-c3ccc(-c4ccccc4)cc3)c2c1Sc1ccc2c3ccccc3n(-c3cccc(-c4ccccc4)c3)c2c1C. The lowest BCUT2D eigenvalue weighted by molar-refractivity contribution is 1.14. The summed E-state index contributed by atoms with van der Waals surface area (Å²) in [5.41, 5.74) is 14.7. The molecule has 0 unspecified atom stereocenters. The van der Waals surface area contributed by atoms with Crippen molar-refractivity contribution < 1.29 is 0 Å². The molecule has 3 heteroatoms. The summed E-state index contributed by atoms with van der Waals surface area (Å²) < 4.78 is 4.93. The van der Waals surface area contributed by atoms with Gasteiger partial charge in [0.1, 0.15) is 0 Å². The van der Waals surface area contributed by atoms with Gasteiger partial charge in [0.25, 0.3) is 0 Å². The average Bonchev–Trinajstić information content (AvgIpc) is 3.74. The van der Waals surface area contributed by atoms with E-state index in [1.54, 1.807) is 0 Å². The third-order valence-electron chi connectivity index (χ3n) is 10.7. The zero-order valence-corrected chi connectivity index (χ0v) is 30.4. The molecule has 0 spiro atoms. The number of para-hydroxylation sites is 2. The van der Waals surface area contributed by atoms with Crippen molar-refractivity contribution >= 4 is 55.4 Å². The number of rotatable bonds is 6. The van der Waals surface area contributed by atoms with Crippen molar-refractivity contribution in [3.8, 4) is 33.6 Å². The Morgan fingerprint density at radius 3 is 1.58 bits per heavy atom. The van der Waals surface area contributed by atoms with Gasteiger partial charge in [0.05, 0.1) is 22.1 Å². The lowest BCUT2D eigenvalue weighted by atomic mass is 10.1. The molecule has 0 atom stereocenters. The van der Waals surface area contributed by atoms with Crippen LogP contribution in [0.5, 0.6) is 0 Å². The number of benzene rings is 8. The molecular weight excluding hydrogens is 661 g/mol. The molecule has 0 aliphatic heterocycles. The minimum atomic E-state index is 1.16. The first-order chi connectivity index (χ1) is 26.1. The highest BCUT2D eigenvalue weighted by atomic mass is 32.2. The van der Waals surface area contributed by atoms with Crippen molar-refractivity contribution in [1.82, 2.24) is 9.13 Å². The Balaban J connectivity index is 1.17. The Morgan fingerprint density at radius 2 is 0.906 bits per heavy atom. The van der Waals surface area contributed by atoms with E-state index in [9.17, 15) is 0 Å². The molecule has 0 saturated carbocycles. The summed E-state index contributed by atoms with van der Waals surface area (Å²) in [5, 5.41) is 5.08. The van der Waals surface area contributed by atoms with Gasteiger partial charge in [0, 0.05) is 42.7 Å². The fourth-order valence-electron chi connectivity index (χ4n) is 8.11. The predicted molar refractivity (Wildman–Crippen MR) is 226 cm³/mol. The van der Waals surface area contributed by atoms with Gasteiger partial charge in [-0.3, -0.25) is 0 Å². The Hall–Kier alpha value is -6.29. The molecule has 252 valence electrons. The maximum atomic E-state index is 2.47. The number of fused-ring (bicyclic) bond motifs is 6. The summed E-state index contributed by atoms with van der Waals surface area (Å²) in [6.45, 7) is 4.55. The standard InChI is InChI=1S/C50H36N2S/c1-33-24-29-44-42-21-10-11-22-45(42)51(39-27-25-37(26-28-39)35-14-5-3-6-15-35)49(44)50(33)53-47-31-30-43-41-20-9-12-23-46(41)52(48(43)34(47)2)40-19-13-18-38(32-40)36-16-7-4-8-17-36/h3-32H,1-2H3. The average molecular weight is 697 g/mol. The minimum Gasteiger partial charge on any atom is -0.309 e. The van der Waals surface area contributed by atoms with Crippen LogP contribution in [-0.2, 0) is 0 Å². The van der Waals surface area contributed by atoms with Crippen LogP contribution in [0.1, 0.15) is 11.1 Å². The van der Waals surface area contributed by atoms with E-state index in [1.807, 2.05) is 11.8 Å². The van der Waals surface area contributed by atoms with Gasteiger partial charge in [-0.2, -0.15) is 0 Å².